The zero-order valence-electron chi connectivity index (χ0n) is 25.9. The van der Waals surface area contributed by atoms with Gasteiger partial charge in [-0.05, 0) is 69.9 Å². The van der Waals surface area contributed by atoms with Gasteiger partial charge in [0.15, 0.2) is 17.1 Å². The first-order valence-electron chi connectivity index (χ1n) is 14.0. The summed E-state index contributed by atoms with van der Waals surface area (Å²) in [6, 6.07) is 10.7. The summed E-state index contributed by atoms with van der Waals surface area (Å²) in [5.74, 6) is -1.14. The summed E-state index contributed by atoms with van der Waals surface area (Å²) in [6.07, 6.45) is 8.99. The molecule has 0 unspecified atom stereocenters. The van der Waals surface area contributed by atoms with Crippen LogP contribution in [0.2, 0.25) is 0 Å². The highest BCUT2D eigenvalue weighted by Crippen LogP contribution is 2.34. The monoisotopic (exact) mass is 613 g/mol. The molecule has 1 saturated heterocycles. The largest absolute Gasteiger partial charge is 0.493 e. The molecule has 1 fully saturated rings. The van der Waals surface area contributed by atoms with Crippen LogP contribution in [0.3, 0.4) is 0 Å². The van der Waals surface area contributed by atoms with Crippen LogP contribution in [0.1, 0.15) is 64.5 Å². The van der Waals surface area contributed by atoms with Crippen molar-refractivity contribution in [3.63, 3.8) is 0 Å². The van der Waals surface area contributed by atoms with Gasteiger partial charge in [0, 0.05) is 42.6 Å². The molecule has 0 amide bonds. The second-order valence-electron chi connectivity index (χ2n) is 12.2. The molecule has 0 spiro atoms. The van der Waals surface area contributed by atoms with Crippen molar-refractivity contribution >= 4 is 17.9 Å². The molecule has 2 aromatic rings. The van der Waals surface area contributed by atoms with Gasteiger partial charge in [0.1, 0.15) is 6.61 Å². The first-order chi connectivity index (χ1) is 20.5. The fourth-order valence-electron chi connectivity index (χ4n) is 5.56. The Kier molecular flexibility index (Phi) is 12.7. The van der Waals surface area contributed by atoms with Crippen molar-refractivity contribution in [1.82, 2.24) is 15.2 Å². The van der Waals surface area contributed by atoms with Crippen molar-refractivity contribution in [2.45, 2.75) is 89.2 Å². The van der Waals surface area contributed by atoms with Crippen molar-refractivity contribution in [3.05, 3.63) is 53.9 Å². The number of piperidine rings is 1. The summed E-state index contributed by atoms with van der Waals surface area (Å²) in [5.41, 5.74) is -0.188. The number of terminal acetylenes is 1. The number of nitrogens with zero attached hydrogens (tertiary/aromatic N) is 2. The molecule has 0 aliphatic carbocycles. The number of methoxy groups -OCH3 is 1. The highest BCUT2D eigenvalue weighted by molar-refractivity contribution is 5.88. The van der Waals surface area contributed by atoms with Crippen LogP contribution in [0.25, 0.3) is 0 Å². The Morgan fingerprint density at radius 1 is 1.02 bits per heavy atom. The molecule has 0 bridgehead atoms. The lowest BCUT2D eigenvalue weighted by molar-refractivity contribution is -0.170. The lowest BCUT2D eigenvalue weighted by atomic mass is 9.79. The van der Waals surface area contributed by atoms with Gasteiger partial charge in [0.25, 0.3) is 0 Å². The number of nitrogens with one attached hydrogen (secondary N) is 1. The molecule has 240 valence electrons. The maximum Gasteiger partial charge on any atom is 0.336 e. The van der Waals surface area contributed by atoms with E-state index in [0.717, 1.165) is 25.9 Å². The van der Waals surface area contributed by atoms with Gasteiger partial charge in [0.05, 0.1) is 20.0 Å². The Hall–Kier alpha value is -4.18. The summed E-state index contributed by atoms with van der Waals surface area (Å²) in [5, 5.41) is 37.6. The summed E-state index contributed by atoms with van der Waals surface area (Å²) in [6.45, 7) is 11.1. The van der Waals surface area contributed by atoms with E-state index in [1.54, 1.807) is 7.11 Å². The standard InChI is InChI=1S/C26H35N3O2.C6H8O7/c1-7-13-31-23-11-10-20(14-24(23)30-6)18-29(19-21-9-8-12-27-17-21)22-15-25(2,3)28-26(4,5)16-22;7-3(8)1-6(13,5(11)12)2-4(9)10/h1,8-12,14,17,22,28H,13,15-16,18-19H2,2-6H3;13H,1-2H2,(H,7,8)(H,9,10)(H,11,12). The number of hydrogen-bond donors (Lipinski definition) is 5. The average Bonchev–Trinajstić information content (AvgIpc) is 2.90. The van der Waals surface area contributed by atoms with E-state index in [1.807, 2.05) is 24.5 Å². The minimum absolute atomic E-state index is 0.0736. The Morgan fingerprint density at radius 2 is 1.61 bits per heavy atom. The van der Waals surface area contributed by atoms with Crippen LogP contribution < -0.4 is 14.8 Å². The molecule has 2 heterocycles. The molecule has 12 heteroatoms. The van der Waals surface area contributed by atoms with Gasteiger partial charge in [-0.15, -0.1) is 6.42 Å². The number of aliphatic hydroxyl groups is 1. The zero-order chi connectivity index (χ0) is 33.1. The molecule has 1 aromatic heterocycles. The van der Waals surface area contributed by atoms with E-state index in [4.69, 9.17) is 36.3 Å². The van der Waals surface area contributed by atoms with Crippen molar-refractivity contribution in [3.8, 4) is 23.8 Å². The summed E-state index contributed by atoms with van der Waals surface area (Å²) >= 11 is 0. The topological polar surface area (TPSA) is 179 Å². The van der Waals surface area contributed by atoms with Crippen LogP contribution in [0, 0.1) is 12.3 Å². The third-order valence-corrected chi connectivity index (χ3v) is 7.00. The molecule has 1 aliphatic heterocycles. The van der Waals surface area contributed by atoms with Crippen molar-refractivity contribution in [1.29, 1.82) is 0 Å². The van der Waals surface area contributed by atoms with E-state index in [9.17, 15) is 14.4 Å². The van der Waals surface area contributed by atoms with E-state index in [1.165, 1.54) is 11.1 Å². The van der Waals surface area contributed by atoms with Crippen LogP contribution >= 0.6 is 0 Å². The van der Waals surface area contributed by atoms with Gasteiger partial charge in [-0.1, -0.05) is 18.1 Å². The predicted molar refractivity (Wildman–Crippen MR) is 162 cm³/mol. The lowest BCUT2D eigenvalue weighted by Crippen LogP contribution is -2.62. The normalized spacial score (nSPS) is 15.8. The molecule has 12 nitrogen and oxygen atoms in total. The number of benzene rings is 1. The van der Waals surface area contributed by atoms with Crippen molar-refractivity contribution < 1.29 is 44.3 Å². The molecule has 3 rings (SSSR count). The van der Waals surface area contributed by atoms with Gasteiger partial charge in [-0.3, -0.25) is 19.5 Å². The minimum atomic E-state index is -2.74. The maximum absolute atomic E-state index is 10.3. The SMILES string of the molecule is C#CCOc1ccc(CN(Cc2cccnc2)C2CC(C)(C)NC(C)(C)C2)cc1OC.O=C(O)CC(O)(CC(=O)O)C(=O)O. The fourth-order valence-corrected chi connectivity index (χ4v) is 5.56. The molecule has 1 aromatic carbocycles. The lowest BCUT2D eigenvalue weighted by Gasteiger charge is -2.49. The number of rotatable bonds is 13. The molecular weight excluding hydrogens is 570 g/mol. The number of carboxylic acid groups (broad SMARTS) is 3. The molecule has 0 atom stereocenters. The average molecular weight is 614 g/mol. The number of carboxylic acids is 3. The Balaban J connectivity index is 0.000000439. The van der Waals surface area contributed by atoms with Crippen LogP contribution in [0.5, 0.6) is 11.5 Å². The number of aliphatic carboxylic acids is 3. The molecule has 0 saturated carbocycles. The molecular formula is C32H43N3O9. The smallest absolute Gasteiger partial charge is 0.336 e. The number of ether oxygens (including phenoxy) is 2. The second-order valence-corrected chi connectivity index (χ2v) is 12.2. The first kappa shape index (κ1) is 36.0. The van der Waals surface area contributed by atoms with Gasteiger partial charge >= 0.3 is 17.9 Å². The van der Waals surface area contributed by atoms with Gasteiger partial charge in [0.2, 0.25) is 0 Å². The van der Waals surface area contributed by atoms with Gasteiger partial charge < -0.3 is 35.2 Å². The van der Waals surface area contributed by atoms with E-state index < -0.39 is 36.4 Å². The second kappa shape index (κ2) is 15.5. The summed E-state index contributed by atoms with van der Waals surface area (Å²) in [7, 11) is 1.66. The number of carbonyl (C=O) groups is 3. The molecule has 5 N–H and O–H groups in total. The first-order valence-corrected chi connectivity index (χ1v) is 14.0. The van der Waals surface area contributed by atoms with E-state index in [2.05, 4.69) is 67.0 Å². The summed E-state index contributed by atoms with van der Waals surface area (Å²) in [4.78, 5) is 37.4. The third kappa shape index (κ3) is 11.5. The fraction of sp³-hybridized carbons (Fsp3) is 0.500. The quantitative estimate of drug-likeness (QED) is 0.209. The van der Waals surface area contributed by atoms with Crippen molar-refractivity contribution in [2.75, 3.05) is 13.7 Å². The highest BCUT2D eigenvalue weighted by atomic mass is 16.5. The van der Waals surface area contributed by atoms with Gasteiger partial charge in [-0.25, -0.2) is 4.79 Å². The number of hydrogen-bond acceptors (Lipinski definition) is 9. The Morgan fingerprint density at radius 3 is 2.09 bits per heavy atom. The van der Waals surface area contributed by atoms with Crippen LogP contribution in [0.4, 0.5) is 0 Å². The summed E-state index contributed by atoms with van der Waals surface area (Å²) < 4.78 is 11.2. The van der Waals surface area contributed by atoms with Crippen LogP contribution in [-0.2, 0) is 27.5 Å². The highest BCUT2D eigenvalue weighted by Gasteiger charge is 2.41. The molecule has 44 heavy (non-hydrogen) atoms. The van der Waals surface area contributed by atoms with Crippen molar-refractivity contribution in [2.24, 2.45) is 0 Å². The molecule has 1 aliphatic rings. The predicted octanol–water partition coefficient (Wildman–Crippen LogP) is 3.17. The number of pyridine rings is 1. The Labute approximate surface area is 258 Å². The Bertz CT molecular complexity index is 1290. The van der Waals surface area contributed by atoms with Gasteiger partial charge in [-0.2, -0.15) is 0 Å². The van der Waals surface area contributed by atoms with E-state index in [-0.39, 0.29) is 17.7 Å². The van der Waals surface area contributed by atoms with E-state index in [0.29, 0.717) is 17.5 Å². The molecule has 0 radical (unpaired) electrons. The van der Waals surface area contributed by atoms with Crippen LogP contribution in [0.15, 0.2) is 42.7 Å². The van der Waals surface area contributed by atoms with E-state index >= 15 is 0 Å². The zero-order valence-corrected chi connectivity index (χ0v) is 25.9. The number of aromatic nitrogens is 1. The maximum atomic E-state index is 10.3. The minimum Gasteiger partial charge on any atom is -0.493 e. The third-order valence-electron chi connectivity index (χ3n) is 7.00. The van der Waals surface area contributed by atoms with Crippen LogP contribution in [-0.4, -0.2) is 84.7 Å².